The Bertz CT molecular complexity index is 1080. The number of piperazine rings is 1. The van der Waals surface area contributed by atoms with Gasteiger partial charge >= 0.3 is 6.09 Å². The number of aromatic nitrogens is 4. The number of hydrogen-bond donors (Lipinski definition) is 2. The van der Waals surface area contributed by atoms with Crippen LogP contribution in [0.4, 0.5) is 4.79 Å². The summed E-state index contributed by atoms with van der Waals surface area (Å²) in [6, 6.07) is 13.3. The molecule has 0 spiro atoms. The molecule has 3 aromatic rings. The summed E-state index contributed by atoms with van der Waals surface area (Å²) in [6.07, 6.45) is 0.914. The zero-order chi connectivity index (χ0) is 22.5. The minimum absolute atomic E-state index is 0.00548. The number of ether oxygens (including phenoxy) is 1. The monoisotopic (exact) mass is 435 g/mol. The number of aryl methyl sites for hydroxylation is 1. The molecule has 0 bridgehead atoms. The van der Waals surface area contributed by atoms with Crippen LogP contribution in [0.15, 0.2) is 48.8 Å². The van der Waals surface area contributed by atoms with Crippen molar-refractivity contribution in [2.45, 2.75) is 19.9 Å². The summed E-state index contributed by atoms with van der Waals surface area (Å²) in [5, 5.41) is 16.9. The first-order chi connectivity index (χ1) is 15.5. The number of tetrazole rings is 1. The second-order valence-electron chi connectivity index (χ2n) is 7.86. The number of nitrogens with one attached hydrogen (secondary N) is 2. The van der Waals surface area contributed by atoms with Gasteiger partial charge in [0.2, 0.25) is 5.91 Å². The van der Waals surface area contributed by atoms with E-state index < -0.39 is 6.09 Å². The maximum Gasteiger partial charge on any atom is 0.412 e. The Balaban J connectivity index is 1.48. The number of benzene rings is 2. The molecule has 2 aromatic carbocycles. The number of nitrogens with zero attached hydrogens (tertiary/aromatic N) is 5. The molecular formula is C22H25N7O3. The van der Waals surface area contributed by atoms with Crippen LogP contribution in [0.3, 0.4) is 0 Å². The Morgan fingerprint density at radius 1 is 1.22 bits per heavy atom. The summed E-state index contributed by atoms with van der Waals surface area (Å²) in [6.45, 7) is 6.15. The van der Waals surface area contributed by atoms with Gasteiger partial charge in [-0.05, 0) is 47.5 Å². The lowest BCUT2D eigenvalue weighted by Gasteiger charge is -2.29. The third-order valence-corrected chi connectivity index (χ3v) is 5.11. The molecule has 2 amide bonds. The molecule has 166 valence electrons. The molecule has 1 fully saturated rings. The van der Waals surface area contributed by atoms with Crippen LogP contribution in [-0.4, -0.2) is 69.3 Å². The fourth-order valence-corrected chi connectivity index (χ4v) is 3.58. The maximum absolute atomic E-state index is 12.5. The van der Waals surface area contributed by atoms with Gasteiger partial charge in [0.25, 0.3) is 0 Å². The van der Waals surface area contributed by atoms with Crippen LogP contribution in [0.1, 0.15) is 12.5 Å². The normalized spacial score (nSPS) is 15.1. The maximum atomic E-state index is 12.5. The highest BCUT2D eigenvalue weighted by Crippen LogP contribution is 2.28. The van der Waals surface area contributed by atoms with Crippen molar-refractivity contribution in [1.29, 1.82) is 0 Å². The minimum atomic E-state index is -0.567. The Labute approximate surface area is 185 Å². The van der Waals surface area contributed by atoms with Crippen molar-refractivity contribution in [3.05, 3.63) is 54.4 Å². The summed E-state index contributed by atoms with van der Waals surface area (Å²) in [7, 11) is 0. The first-order valence-corrected chi connectivity index (χ1v) is 10.4. The average Bonchev–Trinajstić information content (AvgIpc) is 3.29. The van der Waals surface area contributed by atoms with E-state index in [-0.39, 0.29) is 11.9 Å². The number of carbonyl (C=O) groups excluding carboxylic acids is 2. The van der Waals surface area contributed by atoms with E-state index in [0.29, 0.717) is 31.1 Å². The molecule has 2 heterocycles. The Morgan fingerprint density at radius 2 is 2.03 bits per heavy atom. The fourth-order valence-electron chi connectivity index (χ4n) is 3.58. The van der Waals surface area contributed by atoms with Crippen molar-refractivity contribution in [3.8, 4) is 22.6 Å². The first-order valence-electron chi connectivity index (χ1n) is 10.4. The van der Waals surface area contributed by atoms with Crippen LogP contribution in [0, 0.1) is 6.92 Å². The molecule has 1 atom stereocenters. The van der Waals surface area contributed by atoms with Gasteiger partial charge in [-0.25, -0.2) is 9.48 Å². The Kier molecular flexibility index (Phi) is 6.41. The fraction of sp³-hybridized carbons (Fsp3) is 0.318. The van der Waals surface area contributed by atoms with Gasteiger partial charge < -0.3 is 15.4 Å². The Morgan fingerprint density at radius 3 is 2.75 bits per heavy atom. The molecule has 1 aliphatic heterocycles. The average molecular weight is 435 g/mol. The van der Waals surface area contributed by atoms with Gasteiger partial charge in [0.05, 0.1) is 12.2 Å². The zero-order valence-corrected chi connectivity index (χ0v) is 18.0. The molecule has 0 saturated carbocycles. The quantitative estimate of drug-likeness (QED) is 0.604. The van der Waals surface area contributed by atoms with E-state index >= 15 is 0 Å². The molecule has 10 heteroatoms. The largest absolute Gasteiger partial charge is 0.412 e. The standard InChI is InChI=1S/C22H25N7O3/c1-15-3-5-17(6-4-15)18-9-19(29-14-24-26-27-29)11-20(10-18)32-22(31)25-16(2)12-28-8-7-23-21(30)13-28/h3-6,9-11,14,16H,7-8,12-13H2,1-2H3,(H,23,30)(H,25,31). The number of carbonyl (C=O) groups is 2. The van der Waals surface area contributed by atoms with Crippen LogP contribution in [-0.2, 0) is 4.79 Å². The number of amides is 2. The van der Waals surface area contributed by atoms with Crippen LogP contribution in [0.5, 0.6) is 5.75 Å². The topological polar surface area (TPSA) is 114 Å². The smallest absolute Gasteiger partial charge is 0.410 e. The molecule has 1 unspecified atom stereocenters. The van der Waals surface area contributed by atoms with Crippen molar-refractivity contribution < 1.29 is 14.3 Å². The lowest BCUT2D eigenvalue weighted by atomic mass is 10.0. The van der Waals surface area contributed by atoms with Gasteiger partial charge in [-0.15, -0.1) is 5.10 Å². The summed E-state index contributed by atoms with van der Waals surface area (Å²) in [5.74, 6) is 0.365. The predicted octanol–water partition coefficient (Wildman–Crippen LogP) is 1.55. The highest BCUT2D eigenvalue weighted by Gasteiger charge is 2.19. The minimum Gasteiger partial charge on any atom is -0.410 e. The van der Waals surface area contributed by atoms with E-state index in [4.69, 9.17) is 4.74 Å². The third-order valence-electron chi connectivity index (χ3n) is 5.11. The molecule has 1 aromatic heterocycles. The van der Waals surface area contributed by atoms with E-state index in [9.17, 15) is 9.59 Å². The van der Waals surface area contributed by atoms with Crippen LogP contribution in [0.2, 0.25) is 0 Å². The first kappa shape index (κ1) is 21.4. The summed E-state index contributed by atoms with van der Waals surface area (Å²) in [4.78, 5) is 26.1. The molecular weight excluding hydrogens is 410 g/mol. The van der Waals surface area contributed by atoms with Gasteiger partial charge in [-0.2, -0.15) is 0 Å². The lowest BCUT2D eigenvalue weighted by molar-refractivity contribution is -0.124. The van der Waals surface area contributed by atoms with E-state index in [1.54, 1.807) is 12.1 Å². The molecule has 2 N–H and O–H groups in total. The van der Waals surface area contributed by atoms with Gasteiger partial charge in [-0.3, -0.25) is 9.69 Å². The highest BCUT2D eigenvalue weighted by atomic mass is 16.6. The molecule has 4 rings (SSSR count). The summed E-state index contributed by atoms with van der Waals surface area (Å²) in [5.41, 5.74) is 3.67. The van der Waals surface area contributed by atoms with E-state index in [2.05, 4.69) is 26.2 Å². The van der Waals surface area contributed by atoms with Crippen LogP contribution >= 0.6 is 0 Å². The SMILES string of the molecule is Cc1ccc(-c2cc(OC(=O)NC(C)CN3CCNC(=O)C3)cc(-n3cnnn3)c2)cc1. The second-order valence-corrected chi connectivity index (χ2v) is 7.86. The number of hydrogen-bond acceptors (Lipinski definition) is 7. The van der Waals surface area contributed by atoms with E-state index in [0.717, 1.165) is 23.2 Å². The van der Waals surface area contributed by atoms with E-state index in [1.807, 2.05) is 49.1 Å². The van der Waals surface area contributed by atoms with Crippen LogP contribution < -0.4 is 15.4 Å². The van der Waals surface area contributed by atoms with Gasteiger partial charge in [0, 0.05) is 31.7 Å². The second kappa shape index (κ2) is 9.56. The number of rotatable bonds is 6. The Hall–Kier alpha value is -3.79. The zero-order valence-electron chi connectivity index (χ0n) is 18.0. The third kappa shape index (κ3) is 5.46. The van der Waals surface area contributed by atoms with Crippen molar-refractivity contribution >= 4 is 12.0 Å². The predicted molar refractivity (Wildman–Crippen MR) is 117 cm³/mol. The molecule has 1 aliphatic rings. The molecule has 10 nitrogen and oxygen atoms in total. The van der Waals surface area contributed by atoms with E-state index in [1.165, 1.54) is 11.0 Å². The van der Waals surface area contributed by atoms with Gasteiger partial charge in [0.1, 0.15) is 12.1 Å². The summed E-state index contributed by atoms with van der Waals surface area (Å²) < 4.78 is 7.10. The lowest BCUT2D eigenvalue weighted by Crippen LogP contribution is -2.52. The van der Waals surface area contributed by atoms with Crippen molar-refractivity contribution in [2.75, 3.05) is 26.2 Å². The van der Waals surface area contributed by atoms with Crippen molar-refractivity contribution in [1.82, 2.24) is 35.7 Å². The van der Waals surface area contributed by atoms with Crippen LogP contribution in [0.25, 0.3) is 16.8 Å². The van der Waals surface area contributed by atoms with Crippen molar-refractivity contribution in [3.63, 3.8) is 0 Å². The summed E-state index contributed by atoms with van der Waals surface area (Å²) >= 11 is 0. The van der Waals surface area contributed by atoms with Gasteiger partial charge in [-0.1, -0.05) is 29.8 Å². The van der Waals surface area contributed by atoms with Gasteiger partial charge in [0.15, 0.2) is 0 Å². The molecule has 32 heavy (non-hydrogen) atoms. The molecule has 0 aliphatic carbocycles. The molecule has 1 saturated heterocycles. The molecule has 0 radical (unpaired) electrons. The van der Waals surface area contributed by atoms with Crippen molar-refractivity contribution in [2.24, 2.45) is 0 Å². The highest BCUT2D eigenvalue weighted by molar-refractivity contribution is 5.78.